The Morgan fingerprint density at radius 1 is 1.33 bits per heavy atom. The Bertz CT molecular complexity index is 546. The molecular formula is C14H15NO3. The molecule has 0 N–H and O–H groups in total. The summed E-state index contributed by atoms with van der Waals surface area (Å²) < 4.78 is 4.62. The molecule has 18 heavy (non-hydrogen) atoms. The van der Waals surface area contributed by atoms with Crippen molar-refractivity contribution in [2.24, 2.45) is 0 Å². The number of anilines is 1. The van der Waals surface area contributed by atoms with Crippen LogP contribution in [0.25, 0.3) is 0 Å². The molecule has 4 heteroatoms. The zero-order chi connectivity index (χ0) is 13.5. The van der Waals surface area contributed by atoms with Gasteiger partial charge in [0.25, 0.3) is 0 Å². The van der Waals surface area contributed by atoms with Crippen molar-refractivity contribution in [3.05, 3.63) is 42.1 Å². The maximum atomic E-state index is 12.4. The highest BCUT2D eigenvalue weighted by Gasteiger charge is 2.45. The zero-order valence-electron chi connectivity index (χ0n) is 10.7. The smallest absolute Gasteiger partial charge is 0.354 e. The van der Waals surface area contributed by atoms with E-state index in [1.54, 1.807) is 6.07 Å². The van der Waals surface area contributed by atoms with Crippen LogP contribution in [0.2, 0.25) is 0 Å². The van der Waals surface area contributed by atoms with Crippen molar-refractivity contribution < 1.29 is 14.3 Å². The number of fused-ring (bicyclic) bond motifs is 1. The maximum absolute atomic E-state index is 12.4. The average Bonchev–Trinajstić information content (AvgIpc) is 2.57. The Morgan fingerprint density at radius 2 is 1.94 bits per heavy atom. The monoisotopic (exact) mass is 245 g/mol. The molecule has 1 amide bonds. The quantitative estimate of drug-likeness (QED) is 0.591. The second-order valence-corrected chi connectivity index (χ2v) is 4.72. The minimum atomic E-state index is -0.659. The van der Waals surface area contributed by atoms with Gasteiger partial charge >= 0.3 is 5.97 Å². The lowest BCUT2D eigenvalue weighted by Gasteiger charge is -2.20. The second kappa shape index (κ2) is 3.98. The third-order valence-electron chi connectivity index (χ3n) is 3.25. The van der Waals surface area contributed by atoms with Gasteiger partial charge in [-0.05, 0) is 25.5 Å². The van der Waals surface area contributed by atoms with E-state index in [1.165, 1.54) is 12.0 Å². The summed E-state index contributed by atoms with van der Waals surface area (Å²) in [5.41, 5.74) is 0.969. The first kappa shape index (κ1) is 12.4. The van der Waals surface area contributed by atoms with Crippen molar-refractivity contribution in [3.63, 3.8) is 0 Å². The summed E-state index contributed by atoms with van der Waals surface area (Å²) in [4.78, 5) is 25.3. The van der Waals surface area contributed by atoms with E-state index in [1.807, 2.05) is 32.0 Å². The Kier molecular flexibility index (Phi) is 2.73. The summed E-state index contributed by atoms with van der Waals surface area (Å²) in [7, 11) is 1.27. The van der Waals surface area contributed by atoms with Crippen LogP contribution >= 0.6 is 0 Å². The fourth-order valence-electron chi connectivity index (χ4n) is 2.18. The lowest BCUT2D eigenvalue weighted by atomic mass is 9.86. The van der Waals surface area contributed by atoms with Gasteiger partial charge in [-0.15, -0.1) is 0 Å². The molecule has 0 radical (unpaired) electrons. The number of nitrogens with zero attached hydrogens (tertiary/aromatic N) is 1. The molecule has 0 aromatic heterocycles. The normalized spacial score (nSPS) is 16.4. The lowest BCUT2D eigenvalue weighted by Crippen LogP contribution is -2.37. The van der Waals surface area contributed by atoms with E-state index in [-0.39, 0.29) is 11.6 Å². The molecule has 0 bridgehead atoms. The molecule has 1 aliphatic rings. The van der Waals surface area contributed by atoms with Crippen LogP contribution < -0.4 is 4.90 Å². The molecule has 0 spiro atoms. The fourth-order valence-corrected chi connectivity index (χ4v) is 2.18. The van der Waals surface area contributed by atoms with E-state index in [0.29, 0.717) is 5.69 Å². The first-order valence-corrected chi connectivity index (χ1v) is 5.62. The van der Waals surface area contributed by atoms with Crippen LogP contribution in [0.4, 0.5) is 5.69 Å². The van der Waals surface area contributed by atoms with Crippen molar-refractivity contribution in [2.75, 3.05) is 12.0 Å². The Balaban J connectivity index is 2.55. The number of hydrogen-bond donors (Lipinski definition) is 0. The minimum Gasteiger partial charge on any atom is -0.464 e. The fraction of sp³-hybridized carbons (Fsp3) is 0.286. The number of amides is 1. The van der Waals surface area contributed by atoms with Crippen molar-refractivity contribution in [1.29, 1.82) is 0 Å². The molecule has 1 heterocycles. The van der Waals surface area contributed by atoms with E-state index >= 15 is 0 Å². The van der Waals surface area contributed by atoms with E-state index < -0.39 is 11.4 Å². The minimum absolute atomic E-state index is 0.0422. The van der Waals surface area contributed by atoms with Crippen LogP contribution in [0, 0.1) is 0 Å². The molecule has 0 fully saturated rings. The molecule has 1 aliphatic heterocycles. The first-order valence-electron chi connectivity index (χ1n) is 5.62. The summed E-state index contributed by atoms with van der Waals surface area (Å²) in [5, 5.41) is 0. The first-order chi connectivity index (χ1) is 8.41. The lowest BCUT2D eigenvalue weighted by molar-refractivity contribution is -0.137. The van der Waals surface area contributed by atoms with Gasteiger partial charge in [-0.1, -0.05) is 24.8 Å². The number of rotatable bonds is 2. The SMILES string of the molecule is C=C(C(=O)OC)N1C(=O)C(C)(C)c2ccccc21. The Hall–Kier alpha value is -2.10. The highest BCUT2D eigenvalue weighted by molar-refractivity contribution is 6.14. The van der Waals surface area contributed by atoms with Crippen LogP contribution in [-0.2, 0) is 19.7 Å². The Labute approximate surface area is 106 Å². The highest BCUT2D eigenvalue weighted by atomic mass is 16.5. The molecule has 0 atom stereocenters. The summed E-state index contributed by atoms with van der Waals surface area (Å²) in [6.07, 6.45) is 0. The maximum Gasteiger partial charge on any atom is 0.354 e. The van der Waals surface area contributed by atoms with Gasteiger partial charge in [0, 0.05) is 0 Å². The van der Waals surface area contributed by atoms with Crippen molar-refractivity contribution in [2.45, 2.75) is 19.3 Å². The second-order valence-electron chi connectivity index (χ2n) is 4.72. The summed E-state index contributed by atoms with van der Waals surface area (Å²) in [6.45, 7) is 7.32. The number of hydrogen-bond acceptors (Lipinski definition) is 3. The van der Waals surface area contributed by atoms with Crippen LogP contribution in [0.5, 0.6) is 0 Å². The third-order valence-corrected chi connectivity index (χ3v) is 3.25. The number of benzene rings is 1. The molecule has 1 aromatic carbocycles. The summed E-state index contributed by atoms with van der Waals surface area (Å²) in [6, 6.07) is 7.39. The van der Waals surface area contributed by atoms with Crippen molar-refractivity contribution in [1.82, 2.24) is 0 Å². The molecule has 2 rings (SSSR count). The van der Waals surface area contributed by atoms with Crippen LogP contribution in [0.1, 0.15) is 19.4 Å². The van der Waals surface area contributed by atoms with E-state index in [4.69, 9.17) is 0 Å². The largest absolute Gasteiger partial charge is 0.464 e. The molecule has 94 valence electrons. The van der Waals surface area contributed by atoms with Gasteiger partial charge < -0.3 is 4.74 Å². The van der Waals surface area contributed by atoms with Gasteiger partial charge in [0.05, 0.1) is 18.2 Å². The van der Waals surface area contributed by atoms with E-state index in [0.717, 1.165) is 5.56 Å². The predicted octanol–water partition coefficient (Wildman–Crippen LogP) is 2.00. The van der Waals surface area contributed by atoms with Crippen molar-refractivity contribution in [3.8, 4) is 0 Å². The van der Waals surface area contributed by atoms with Crippen LogP contribution in [0.15, 0.2) is 36.5 Å². The number of ether oxygens (including phenoxy) is 1. The van der Waals surface area contributed by atoms with Crippen LogP contribution in [0.3, 0.4) is 0 Å². The highest BCUT2D eigenvalue weighted by Crippen LogP contribution is 2.42. The number of methoxy groups -OCH3 is 1. The molecule has 4 nitrogen and oxygen atoms in total. The van der Waals surface area contributed by atoms with Gasteiger partial charge in [-0.2, -0.15) is 0 Å². The number of carbonyl (C=O) groups excluding carboxylic acids is 2. The topological polar surface area (TPSA) is 46.6 Å². The summed E-state index contributed by atoms with van der Waals surface area (Å²) in [5.74, 6) is -0.769. The summed E-state index contributed by atoms with van der Waals surface area (Å²) >= 11 is 0. The molecule has 1 aromatic rings. The van der Waals surface area contributed by atoms with Gasteiger partial charge in [-0.25, -0.2) is 4.79 Å². The van der Waals surface area contributed by atoms with Crippen LogP contribution in [-0.4, -0.2) is 19.0 Å². The van der Waals surface area contributed by atoms with E-state index in [9.17, 15) is 9.59 Å². The van der Waals surface area contributed by atoms with Gasteiger partial charge in [0.15, 0.2) is 0 Å². The Morgan fingerprint density at radius 3 is 2.56 bits per heavy atom. The average molecular weight is 245 g/mol. The van der Waals surface area contributed by atoms with Gasteiger partial charge in [0.2, 0.25) is 5.91 Å². The molecule has 0 aliphatic carbocycles. The van der Waals surface area contributed by atoms with Crippen molar-refractivity contribution >= 4 is 17.6 Å². The van der Waals surface area contributed by atoms with Gasteiger partial charge in [-0.3, -0.25) is 9.69 Å². The molecule has 0 unspecified atom stereocenters. The number of para-hydroxylation sites is 1. The molecular weight excluding hydrogens is 230 g/mol. The third kappa shape index (κ3) is 1.53. The number of carbonyl (C=O) groups is 2. The molecule has 0 saturated carbocycles. The predicted molar refractivity (Wildman–Crippen MR) is 68.1 cm³/mol. The van der Waals surface area contributed by atoms with Gasteiger partial charge in [0.1, 0.15) is 5.70 Å². The standard InChI is InChI=1S/C14H15NO3/c1-9(12(16)18-4)15-11-8-6-5-7-10(11)14(2,3)13(15)17/h5-8H,1H2,2-4H3. The molecule has 0 saturated heterocycles. The number of esters is 1. The zero-order valence-corrected chi connectivity index (χ0v) is 10.7. The van der Waals surface area contributed by atoms with E-state index in [2.05, 4.69) is 11.3 Å².